The number of hydrogen-bond donors (Lipinski definition) is 1. The maximum atomic E-state index is 6.06. The summed E-state index contributed by atoms with van der Waals surface area (Å²) in [7, 11) is 0. The van der Waals surface area contributed by atoms with Gasteiger partial charge in [0.1, 0.15) is 16.8 Å². The minimum atomic E-state index is -0.111. The van der Waals surface area contributed by atoms with Gasteiger partial charge in [-0.2, -0.15) is 0 Å². The maximum Gasteiger partial charge on any atom is 0.137 e. The Labute approximate surface area is 123 Å². The Balaban J connectivity index is 2.17. The lowest BCUT2D eigenvalue weighted by molar-refractivity contribution is 0.546. The van der Waals surface area contributed by atoms with Crippen molar-refractivity contribution in [2.24, 2.45) is 0 Å². The first kappa shape index (κ1) is 14.3. The largest absolute Gasteiger partial charge is 0.365 e. The van der Waals surface area contributed by atoms with Crippen LogP contribution < -0.4 is 5.32 Å². The van der Waals surface area contributed by atoms with Crippen LogP contribution in [0.5, 0.6) is 0 Å². The van der Waals surface area contributed by atoms with Gasteiger partial charge in [0, 0.05) is 16.4 Å². The summed E-state index contributed by atoms with van der Waals surface area (Å²) in [6, 6.07) is 3.88. The summed E-state index contributed by atoms with van der Waals surface area (Å²) < 4.78 is 0. The lowest BCUT2D eigenvalue weighted by Crippen LogP contribution is -2.17. The van der Waals surface area contributed by atoms with Crippen LogP contribution in [0.1, 0.15) is 37.0 Å². The van der Waals surface area contributed by atoms with Crippen molar-refractivity contribution in [2.45, 2.75) is 39.7 Å². The molecule has 0 aromatic carbocycles. The zero-order chi connectivity index (χ0) is 14.0. The normalized spacial score (nSPS) is 11.6. The van der Waals surface area contributed by atoms with Gasteiger partial charge in [-0.3, -0.25) is 0 Å². The van der Waals surface area contributed by atoms with Crippen molar-refractivity contribution in [1.82, 2.24) is 9.97 Å². The van der Waals surface area contributed by atoms with Crippen molar-refractivity contribution in [3.05, 3.63) is 38.9 Å². The van der Waals surface area contributed by atoms with Crippen molar-refractivity contribution in [3.8, 4) is 0 Å². The first-order chi connectivity index (χ1) is 8.86. The molecule has 2 aromatic rings. The third-order valence-corrected chi connectivity index (χ3v) is 3.98. The number of rotatable bonds is 3. The molecule has 0 fully saturated rings. The predicted molar refractivity (Wildman–Crippen MR) is 82.1 cm³/mol. The Morgan fingerprint density at radius 3 is 2.63 bits per heavy atom. The Hall–Kier alpha value is -1.13. The molecule has 0 saturated heterocycles. The maximum absolute atomic E-state index is 6.06. The summed E-state index contributed by atoms with van der Waals surface area (Å²) in [6.45, 7) is 9.10. The Morgan fingerprint density at radius 1 is 1.32 bits per heavy atom. The SMILES string of the molecule is Cc1ccsc1CNc1cc(Cl)nc(C(C)(C)C)n1. The summed E-state index contributed by atoms with van der Waals surface area (Å²) >= 11 is 7.80. The molecule has 3 nitrogen and oxygen atoms in total. The number of aryl methyl sites for hydroxylation is 1. The van der Waals surface area contributed by atoms with Gasteiger partial charge in [0.2, 0.25) is 0 Å². The second kappa shape index (κ2) is 5.47. The molecule has 2 aromatic heterocycles. The zero-order valence-corrected chi connectivity index (χ0v) is 13.2. The molecule has 0 saturated carbocycles. The standard InChI is InChI=1S/C14H18ClN3S/c1-9-5-6-19-10(9)8-16-12-7-11(15)17-13(18-12)14(2,3)4/h5-7H,8H2,1-4H3,(H,16,17,18). The topological polar surface area (TPSA) is 37.8 Å². The Kier molecular flexibility index (Phi) is 4.11. The van der Waals surface area contributed by atoms with Crippen LogP contribution in [0.3, 0.4) is 0 Å². The summed E-state index contributed by atoms with van der Waals surface area (Å²) in [5.41, 5.74) is 1.19. The lowest BCUT2D eigenvalue weighted by atomic mass is 9.96. The summed E-state index contributed by atoms with van der Waals surface area (Å²) in [5, 5.41) is 5.89. The van der Waals surface area contributed by atoms with E-state index in [-0.39, 0.29) is 5.41 Å². The van der Waals surface area contributed by atoms with Crippen LogP contribution in [0.25, 0.3) is 0 Å². The molecule has 2 heterocycles. The molecule has 0 radical (unpaired) electrons. The minimum Gasteiger partial charge on any atom is -0.365 e. The average Bonchev–Trinajstić information content (AvgIpc) is 2.70. The summed E-state index contributed by atoms with van der Waals surface area (Å²) in [4.78, 5) is 10.1. The number of hydrogen-bond acceptors (Lipinski definition) is 4. The van der Waals surface area contributed by atoms with Gasteiger partial charge in [0.05, 0.1) is 6.54 Å². The van der Waals surface area contributed by atoms with Crippen molar-refractivity contribution in [2.75, 3.05) is 5.32 Å². The van der Waals surface area contributed by atoms with Crippen molar-refractivity contribution >= 4 is 28.8 Å². The number of nitrogens with one attached hydrogen (secondary N) is 1. The van der Waals surface area contributed by atoms with Gasteiger partial charge in [-0.25, -0.2) is 9.97 Å². The highest BCUT2D eigenvalue weighted by Gasteiger charge is 2.18. The van der Waals surface area contributed by atoms with Gasteiger partial charge in [-0.15, -0.1) is 11.3 Å². The fraction of sp³-hybridized carbons (Fsp3) is 0.429. The van der Waals surface area contributed by atoms with E-state index in [0.29, 0.717) is 5.15 Å². The van der Waals surface area contributed by atoms with Crippen LogP contribution in [-0.2, 0) is 12.0 Å². The van der Waals surface area contributed by atoms with E-state index in [0.717, 1.165) is 18.2 Å². The number of anilines is 1. The van der Waals surface area contributed by atoms with Crippen molar-refractivity contribution < 1.29 is 0 Å². The van der Waals surface area contributed by atoms with Gasteiger partial charge in [0.15, 0.2) is 0 Å². The molecule has 0 aliphatic carbocycles. The second-order valence-corrected chi connectivity index (χ2v) is 6.92. The third kappa shape index (κ3) is 3.67. The fourth-order valence-corrected chi connectivity index (χ4v) is 2.63. The first-order valence-corrected chi connectivity index (χ1v) is 7.44. The van der Waals surface area contributed by atoms with E-state index in [1.807, 2.05) is 0 Å². The van der Waals surface area contributed by atoms with Crippen LogP contribution in [0, 0.1) is 6.92 Å². The molecule has 0 atom stereocenters. The van der Waals surface area contributed by atoms with Crippen molar-refractivity contribution in [1.29, 1.82) is 0 Å². The summed E-state index contributed by atoms with van der Waals surface area (Å²) in [6.07, 6.45) is 0. The van der Waals surface area contributed by atoms with Crippen molar-refractivity contribution in [3.63, 3.8) is 0 Å². The number of thiophene rings is 1. The highest BCUT2D eigenvalue weighted by atomic mass is 35.5. The molecule has 5 heteroatoms. The molecule has 0 bridgehead atoms. The fourth-order valence-electron chi connectivity index (χ4n) is 1.60. The quantitative estimate of drug-likeness (QED) is 0.852. The molecular formula is C14H18ClN3S. The average molecular weight is 296 g/mol. The van der Waals surface area contributed by atoms with E-state index in [9.17, 15) is 0 Å². The number of halogens is 1. The van der Waals surface area contributed by atoms with Gasteiger partial charge in [0.25, 0.3) is 0 Å². The van der Waals surface area contributed by atoms with Crippen LogP contribution in [0.2, 0.25) is 5.15 Å². The molecule has 19 heavy (non-hydrogen) atoms. The first-order valence-electron chi connectivity index (χ1n) is 6.18. The van der Waals surface area contributed by atoms with Gasteiger partial charge >= 0.3 is 0 Å². The smallest absolute Gasteiger partial charge is 0.137 e. The molecule has 102 valence electrons. The van der Waals surface area contributed by atoms with E-state index < -0.39 is 0 Å². The predicted octanol–water partition coefficient (Wildman–Crippen LogP) is 4.41. The molecular weight excluding hydrogens is 278 g/mol. The highest BCUT2D eigenvalue weighted by molar-refractivity contribution is 7.10. The molecule has 0 amide bonds. The van der Waals surface area contributed by atoms with E-state index in [2.05, 4.69) is 54.4 Å². The molecule has 2 rings (SSSR count). The van der Waals surface area contributed by atoms with Gasteiger partial charge < -0.3 is 5.32 Å². The second-order valence-electron chi connectivity index (χ2n) is 5.53. The molecule has 1 N–H and O–H groups in total. The van der Waals surface area contributed by atoms with Gasteiger partial charge in [-0.05, 0) is 23.9 Å². The zero-order valence-electron chi connectivity index (χ0n) is 11.6. The molecule has 0 aliphatic heterocycles. The van der Waals surface area contributed by atoms with Crippen LogP contribution in [0.4, 0.5) is 5.82 Å². The van der Waals surface area contributed by atoms with E-state index in [1.54, 1.807) is 17.4 Å². The molecule has 0 aliphatic rings. The Morgan fingerprint density at radius 2 is 2.05 bits per heavy atom. The van der Waals surface area contributed by atoms with E-state index in [1.165, 1.54) is 10.4 Å². The lowest BCUT2D eigenvalue weighted by Gasteiger charge is -2.17. The van der Waals surface area contributed by atoms with Crippen LogP contribution in [-0.4, -0.2) is 9.97 Å². The third-order valence-electron chi connectivity index (χ3n) is 2.76. The van der Waals surface area contributed by atoms with E-state index in [4.69, 9.17) is 11.6 Å². The number of aromatic nitrogens is 2. The summed E-state index contributed by atoms with van der Waals surface area (Å²) in [5.74, 6) is 1.53. The highest BCUT2D eigenvalue weighted by Crippen LogP contribution is 2.23. The number of nitrogens with zero attached hydrogens (tertiary/aromatic N) is 2. The minimum absolute atomic E-state index is 0.111. The monoisotopic (exact) mass is 295 g/mol. The Bertz CT molecular complexity index is 572. The van der Waals surface area contributed by atoms with E-state index >= 15 is 0 Å². The van der Waals surface area contributed by atoms with Crippen LogP contribution in [0.15, 0.2) is 17.5 Å². The van der Waals surface area contributed by atoms with Crippen LogP contribution >= 0.6 is 22.9 Å². The van der Waals surface area contributed by atoms with Gasteiger partial charge in [-0.1, -0.05) is 32.4 Å². The molecule has 0 spiro atoms. The molecule has 0 unspecified atom stereocenters.